The molecule has 11 aliphatic rings. The van der Waals surface area contributed by atoms with E-state index in [4.69, 9.17) is 23.7 Å². The number of benzene rings is 5. The molecule has 145 heavy (non-hydrogen) atoms. The second-order valence-electron chi connectivity index (χ2n) is 41.6. The summed E-state index contributed by atoms with van der Waals surface area (Å²) in [4.78, 5) is 63.0. The van der Waals surface area contributed by atoms with Gasteiger partial charge in [-0.3, -0.25) is 24.0 Å². The van der Waals surface area contributed by atoms with E-state index in [1.165, 1.54) is 37.5 Å². The first-order valence-corrected chi connectivity index (χ1v) is 50.2. The molecule has 10 saturated carbocycles. The first kappa shape index (κ1) is 118. The summed E-state index contributed by atoms with van der Waals surface area (Å²) in [7, 11) is -9.88. The Hall–Kier alpha value is -8.49. The predicted molar refractivity (Wildman–Crippen MR) is 469 cm³/mol. The molecule has 6 unspecified atom stereocenters. The van der Waals surface area contributed by atoms with E-state index in [2.05, 4.69) is 11.1 Å². The second-order valence-corrected chi connectivity index (χ2v) is 45.2. The standard InChI is InChI=1S/C28H39F3O5.C23H22F4O2.C16H20F6O3S.C14H10F4O3S.C14H20F2O2.C5H3F9/c1-15(5-8-24(35)36-14-22(29)28(4,30)31)18-6-7-19-25-20(13-23(34)27(18,19)3)26(2)10-9-17(32)11-16(26)12-21(25)33;1-21(24,25)23(26,27)18-13-14-12-17(18)20-19(14)28-22(29-20,15-8-4-2-5-9-15)16-10-6-3-7-11-16;1-9(2)11-7-6-8-12(10(3)4)13(11)25-26(23,24)16(21,22)15(19,20)14(5,17)18;1-7-10(15)12(17)14(13(18)11(7)16)21-8-3-5-9(6-4-8)22(2,19)20;1-13(15,16)8-12(17)18-14-5-9-2-10(6-14)4-11(3-9)7-14;1-2(6,7)3(8,9)4(10,11)5(12,13)14/h15-16,18-20,22,25H,5-14H2,1-4H3;2-11,14,17-20H,12-13H2,1H3;6-10H,1-5H3;3-6H,1-2H3;9-11H,2-8H2,1H3;1H3/t15-,16+,18-,19+,20+,22?,25+,26+,27-;;;;;/m1...../s1. The number of carbonyl (C=O) groups excluding carboxylic acids is 5. The zero-order chi connectivity index (χ0) is 109. The number of ketones is 3. The number of rotatable bonds is 26. The number of halogens is 28. The van der Waals surface area contributed by atoms with Crippen molar-refractivity contribution in [3.63, 3.8) is 0 Å². The van der Waals surface area contributed by atoms with Gasteiger partial charge in [0.1, 0.15) is 47.5 Å². The number of para-hydroxylation sites is 1. The van der Waals surface area contributed by atoms with Crippen LogP contribution in [0.3, 0.4) is 0 Å². The molecule has 10 aliphatic carbocycles. The van der Waals surface area contributed by atoms with E-state index >= 15 is 0 Å². The van der Waals surface area contributed by atoms with Crippen molar-refractivity contribution >= 4 is 49.2 Å². The third-order valence-electron chi connectivity index (χ3n) is 30.2. The Kier molecular flexibility index (Phi) is 34.6. The Bertz CT molecular complexity index is 5530. The quantitative estimate of drug-likeness (QED) is 0.0218. The third kappa shape index (κ3) is 24.3. The van der Waals surface area contributed by atoms with E-state index in [1.807, 2.05) is 74.5 Å². The first-order valence-electron chi connectivity index (χ1n) is 46.9. The van der Waals surface area contributed by atoms with Gasteiger partial charge in [-0.05, 0) is 203 Å². The highest BCUT2D eigenvalue weighted by molar-refractivity contribution is 7.90. The summed E-state index contributed by atoms with van der Waals surface area (Å²) in [6, 6.07) is 27.5. The first-order chi connectivity index (χ1) is 66.1. The van der Waals surface area contributed by atoms with E-state index in [1.54, 1.807) is 27.7 Å². The van der Waals surface area contributed by atoms with Gasteiger partial charge in [-0.1, -0.05) is 127 Å². The zero-order valence-corrected chi connectivity index (χ0v) is 82.7. The minimum absolute atomic E-state index is 0.00362. The van der Waals surface area contributed by atoms with Gasteiger partial charge in [0.2, 0.25) is 23.2 Å². The summed E-state index contributed by atoms with van der Waals surface area (Å²) in [5.74, 6) is -56.5. The van der Waals surface area contributed by atoms with Crippen molar-refractivity contribution in [2.45, 2.75) is 317 Å². The summed E-state index contributed by atoms with van der Waals surface area (Å²) in [6.45, 7) is 12.8. The van der Waals surface area contributed by atoms with Crippen molar-refractivity contribution in [3.8, 4) is 17.2 Å². The predicted octanol–water partition coefficient (Wildman–Crippen LogP) is 27.4. The number of esters is 2. The van der Waals surface area contributed by atoms with Crippen LogP contribution in [0, 0.1) is 112 Å². The fraction of sp³-hybridized carbons (Fsp3) is 0.650. The van der Waals surface area contributed by atoms with Gasteiger partial charge in [-0.15, -0.1) is 0 Å². The molecule has 45 heteroatoms. The van der Waals surface area contributed by atoms with Crippen LogP contribution in [0.1, 0.15) is 238 Å². The number of alkyl halides is 24. The van der Waals surface area contributed by atoms with Gasteiger partial charge in [-0.25, -0.2) is 47.9 Å². The van der Waals surface area contributed by atoms with E-state index in [0.29, 0.717) is 70.1 Å². The maximum Gasteiger partial charge on any atom is 0.460 e. The normalized spacial score (nSPS) is 27.6. The van der Waals surface area contributed by atoms with Crippen molar-refractivity contribution in [2.24, 2.45) is 81.8 Å². The van der Waals surface area contributed by atoms with Crippen LogP contribution in [-0.2, 0) is 68.7 Å². The number of ether oxygens (including phenoxy) is 5. The van der Waals surface area contributed by atoms with Gasteiger partial charge >= 0.3 is 74.9 Å². The summed E-state index contributed by atoms with van der Waals surface area (Å²) in [5.41, 5.74) is -0.132. The molecule has 5 aromatic rings. The molecule has 0 aromatic heterocycles. The lowest BCUT2D eigenvalue weighted by Crippen LogP contribution is -2.60. The fourth-order valence-corrected chi connectivity index (χ4v) is 24.4. The molecule has 1 saturated heterocycles. The van der Waals surface area contributed by atoms with Crippen LogP contribution < -0.4 is 8.92 Å². The van der Waals surface area contributed by atoms with Crippen LogP contribution >= 0.6 is 0 Å². The molecule has 812 valence electrons. The molecule has 1 heterocycles. The Balaban J connectivity index is 0.000000183. The van der Waals surface area contributed by atoms with Crippen LogP contribution in [0.4, 0.5) is 123 Å². The fourth-order valence-electron chi connectivity index (χ4n) is 22.8. The highest BCUT2D eigenvalue weighted by atomic mass is 32.2. The summed E-state index contributed by atoms with van der Waals surface area (Å²) >= 11 is 0. The van der Waals surface area contributed by atoms with Gasteiger partial charge in [0, 0.05) is 100.0 Å². The summed E-state index contributed by atoms with van der Waals surface area (Å²) in [6.07, 6.45) is 1.27. The SMILES string of the molecule is CC(C)c1cccc(C(C)C)c1OS(=O)(=O)C(F)(F)C(F)(F)C(C)(F)F.CC(F)(F)C(F)(F)C(F)(F)C(F)(F)F.CC(F)(F)C(F)(F)C1CC2CC1C1OC(c3ccccc3)(c3ccccc3)OC21.CC(F)(F)CC(=O)OC12CC3CC(CC(C3)C1)C2.C[C@H](CCC(=O)OCC(F)C(C)(F)F)[C@H]1CC[C@H]2[C@@H]3C(=O)C[C@@H]4CC(=O)CC[C@]4(C)[C@H]3CC(=O)[C@]12C.Cc1c(F)c(F)c(Oc2ccc(S(C)(=O)=O)cc2)c(F)c1F. The largest absolute Gasteiger partial charge is 0.462 e. The number of hydrogen-bond acceptors (Lipinski definition) is 15. The Labute approximate surface area is 820 Å². The third-order valence-corrected chi connectivity index (χ3v) is 32.6. The minimum Gasteiger partial charge on any atom is -0.462 e. The number of sulfone groups is 1. The maximum atomic E-state index is 14.5. The number of hydrogen-bond donors (Lipinski definition) is 0. The van der Waals surface area contributed by atoms with E-state index in [0.717, 1.165) is 94.0 Å². The molecule has 6 bridgehead atoms. The molecule has 15 nitrogen and oxygen atoms in total. The highest BCUT2D eigenvalue weighted by Crippen LogP contribution is 2.69. The highest BCUT2D eigenvalue weighted by Gasteiger charge is 2.81. The second kappa shape index (κ2) is 42.4. The van der Waals surface area contributed by atoms with Crippen LogP contribution in [-0.4, -0.2) is 148 Å². The Morgan fingerprint density at radius 3 is 1.48 bits per heavy atom. The molecule has 14 atom stereocenters. The minimum atomic E-state index is -6.77. The Morgan fingerprint density at radius 2 is 1.03 bits per heavy atom. The van der Waals surface area contributed by atoms with E-state index < -0.39 is 217 Å². The molecule has 0 radical (unpaired) electrons. The number of fused-ring (bicyclic) bond motifs is 10. The van der Waals surface area contributed by atoms with Crippen LogP contribution in [0.5, 0.6) is 17.2 Å². The summed E-state index contributed by atoms with van der Waals surface area (Å²) in [5, 5.41) is -6.14. The van der Waals surface area contributed by atoms with Gasteiger partial charge in [-0.2, -0.15) is 91.8 Å². The number of carbonyl (C=O) groups is 5. The monoisotopic (exact) mass is 2150 g/mol. The Morgan fingerprint density at radius 1 is 0.545 bits per heavy atom. The van der Waals surface area contributed by atoms with Gasteiger partial charge in [0.05, 0.1) is 17.1 Å². The average molecular weight is 2150 g/mol. The molecule has 0 amide bonds. The molecule has 0 spiro atoms. The molecule has 1 aliphatic heterocycles. The number of Topliss-reactive ketones (excluding diaryl/α,β-unsaturated/α-hetero) is 3. The topological polar surface area (TPSA) is 209 Å². The smallest absolute Gasteiger partial charge is 0.460 e. The molecule has 5 aromatic carbocycles. The molecule has 11 fully saturated rings. The molecular formula is C100H114F28O15S2. The van der Waals surface area contributed by atoms with Crippen LogP contribution in [0.2, 0.25) is 0 Å². The van der Waals surface area contributed by atoms with Crippen LogP contribution in [0.25, 0.3) is 0 Å². The van der Waals surface area contributed by atoms with Crippen molar-refractivity contribution in [3.05, 3.63) is 154 Å². The lowest BCUT2D eigenvalue weighted by atomic mass is 9.44. The zero-order valence-electron chi connectivity index (χ0n) is 81.1. The van der Waals surface area contributed by atoms with Crippen molar-refractivity contribution in [1.29, 1.82) is 0 Å². The lowest BCUT2D eigenvalue weighted by Gasteiger charge is -2.58. The molecular weight excluding hydrogens is 2040 g/mol. The van der Waals surface area contributed by atoms with E-state index in [-0.39, 0.29) is 105 Å². The average Bonchev–Trinajstić information content (AvgIpc) is 1.60. The van der Waals surface area contributed by atoms with Gasteiger partial charge < -0.3 is 27.9 Å². The lowest BCUT2D eigenvalue weighted by molar-refractivity contribution is -0.393. The van der Waals surface area contributed by atoms with Gasteiger partial charge in [0.25, 0.3) is 11.8 Å². The van der Waals surface area contributed by atoms with E-state index in [9.17, 15) is 164 Å². The van der Waals surface area contributed by atoms with Crippen LogP contribution in [0.15, 0.2) is 108 Å². The van der Waals surface area contributed by atoms with Crippen molar-refractivity contribution < 1.29 is 192 Å². The van der Waals surface area contributed by atoms with Crippen molar-refractivity contribution in [1.82, 2.24) is 0 Å². The van der Waals surface area contributed by atoms with Gasteiger partial charge in [0.15, 0.2) is 27.6 Å². The summed E-state index contributed by atoms with van der Waals surface area (Å²) < 4.78 is 440. The molecule has 0 N–H and O–H groups in total. The van der Waals surface area contributed by atoms with Crippen molar-refractivity contribution in [2.75, 3.05) is 12.9 Å². The molecule has 16 rings (SSSR count). The maximum absolute atomic E-state index is 14.5.